The normalized spacial score (nSPS) is 18.6. The summed E-state index contributed by atoms with van der Waals surface area (Å²) in [4.78, 5) is 0. The lowest BCUT2D eigenvalue weighted by atomic mass is 9.78. The molecular formula is C12H13BrF3N. The van der Waals surface area contributed by atoms with Crippen molar-refractivity contribution in [1.82, 2.24) is 0 Å². The second-order valence-corrected chi connectivity index (χ2v) is 5.39. The summed E-state index contributed by atoms with van der Waals surface area (Å²) in [6, 6.07) is 1.33. The minimum absolute atomic E-state index is 0.0499. The topological polar surface area (TPSA) is 26.0 Å². The van der Waals surface area contributed by atoms with E-state index >= 15 is 0 Å². The molecule has 0 spiro atoms. The molecule has 17 heavy (non-hydrogen) atoms. The number of hydrogen-bond donors (Lipinski definition) is 1. The van der Waals surface area contributed by atoms with E-state index < -0.39 is 22.9 Å². The SMILES string of the molecule is NCC1(c2cc(Br)c(F)c(F)c2F)CCCC1. The van der Waals surface area contributed by atoms with Crippen LogP contribution < -0.4 is 5.73 Å². The second kappa shape index (κ2) is 4.61. The fraction of sp³-hybridized carbons (Fsp3) is 0.500. The van der Waals surface area contributed by atoms with Crippen LogP contribution in [0.5, 0.6) is 0 Å². The first-order valence-corrected chi connectivity index (χ1v) is 6.35. The highest BCUT2D eigenvalue weighted by Crippen LogP contribution is 2.43. The predicted octanol–water partition coefficient (Wildman–Crippen LogP) is 3.64. The Bertz CT molecular complexity index is 442. The molecule has 0 saturated heterocycles. The van der Waals surface area contributed by atoms with Crippen molar-refractivity contribution in [2.45, 2.75) is 31.1 Å². The number of hydrogen-bond acceptors (Lipinski definition) is 1. The molecule has 1 nitrogen and oxygen atoms in total. The smallest absolute Gasteiger partial charge is 0.195 e. The van der Waals surface area contributed by atoms with Gasteiger partial charge in [-0.05, 0) is 40.4 Å². The lowest BCUT2D eigenvalue weighted by Gasteiger charge is -2.28. The van der Waals surface area contributed by atoms with Gasteiger partial charge < -0.3 is 5.73 Å². The first-order valence-electron chi connectivity index (χ1n) is 5.55. The molecule has 0 unspecified atom stereocenters. The Morgan fingerprint density at radius 1 is 1.12 bits per heavy atom. The second-order valence-electron chi connectivity index (χ2n) is 4.54. The summed E-state index contributed by atoms with van der Waals surface area (Å²) >= 11 is 2.91. The van der Waals surface area contributed by atoms with Gasteiger partial charge in [0, 0.05) is 12.0 Å². The van der Waals surface area contributed by atoms with E-state index in [2.05, 4.69) is 15.9 Å². The van der Waals surface area contributed by atoms with E-state index in [4.69, 9.17) is 5.73 Å². The van der Waals surface area contributed by atoms with Gasteiger partial charge in [-0.2, -0.15) is 0 Å². The standard InChI is InChI=1S/C12H13BrF3N/c13-8-5-7(9(14)11(16)10(8)15)12(6-17)3-1-2-4-12/h5H,1-4,6,17H2. The summed E-state index contributed by atoms with van der Waals surface area (Å²) in [6.45, 7) is 0.251. The predicted molar refractivity (Wildman–Crippen MR) is 63.2 cm³/mol. The first kappa shape index (κ1) is 12.9. The van der Waals surface area contributed by atoms with Crippen LogP contribution in [0, 0.1) is 17.5 Å². The van der Waals surface area contributed by atoms with Crippen LogP contribution in [0.25, 0.3) is 0 Å². The minimum atomic E-state index is -1.42. The molecule has 0 heterocycles. The molecule has 1 aliphatic carbocycles. The molecule has 1 aromatic carbocycles. The van der Waals surface area contributed by atoms with Crippen molar-refractivity contribution in [2.24, 2.45) is 5.73 Å². The van der Waals surface area contributed by atoms with Crippen LogP contribution in [0.1, 0.15) is 31.2 Å². The van der Waals surface area contributed by atoms with Gasteiger partial charge >= 0.3 is 0 Å². The van der Waals surface area contributed by atoms with Crippen molar-refractivity contribution >= 4 is 15.9 Å². The zero-order chi connectivity index (χ0) is 12.6. The lowest BCUT2D eigenvalue weighted by Crippen LogP contribution is -2.33. The molecule has 1 aliphatic rings. The molecule has 0 bridgehead atoms. The van der Waals surface area contributed by atoms with Crippen LogP contribution in [0.2, 0.25) is 0 Å². The summed E-state index contributed by atoms with van der Waals surface area (Å²) < 4.78 is 40.4. The minimum Gasteiger partial charge on any atom is -0.330 e. The van der Waals surface area contributed by atoms with E-state index in [9.17, 15) is 13.2 Å². The Morgan fingerprint density at radius 2 is 1.71 bits per heavy atom. The fourth-order valence-electron chi connectivity index (χ4n) is 2.59. The molecule has 94 valence electrons. The summed E-state index contributed by atoms with van der Waals surface area (Å²) in [5.74, 6) is -3.71. The van der Waals surface area contributed by atoms with Crippen molar-refractivity contribution in [2.75, 3.05) is 6.54 Å². The third-order valence-corrected chi connectivity index (χ3v) is 4.20. The van der Waals surface area contributed by atoms with E-state index in [-0.39, 0.29) is 16.6 Å². The maximum Gasteiger partial charge on any atom is 0.195 e. The summed E-state index contributed by atoms with van der Waals surface area (Å²) in [5.41, 5.74) is 5.37. The third kappa shape index (κ3) is 1.99. The van der Waals surface area contributed by atoms with Crippen molar-refractivity contribution in [1.29, 1.82) is 0 Å². The zero-order valence-corrected chi connectivity index (χ0v) is 10.8. The van der Waals surface area contributed by atoms with E-state index in [1.54, 1.807) is 0 Å². The molecule has 0 amide bonds. The van der Waals surface area contributed by atoms with Gasteiger partial charge in [-0.1, -0.05) is 12.8 Å². The van der Waals surface area contributed by atoms with Crippen LogP contribution in [-0.2, 0) is 5.41 Å². The highest BCUT2D eigenvalue weighted by Gasteiger charge is 2.38. The molecule has 1 fully saturated rings. The van der Waals surface area contributed by atoms with Gasteiger partial charge in [-0.3, -0.25) is 0 Å². The number of benzene rings is 1. The van der Waals surface area contributed by atoms with E-state index in [1.165, 1.54) is 6.07 Å². The van der Waals surface area contributed by atoms with Crippen LogP contribution in [0.15, 0.2) is 10.5 Å². The van der Waals surface area contributed by atoms with Gasteiger partial charge in [-0.15, -0.1) is 0 Å². The van der Waals surface area contributed by atoms with E-state index in [0.717, 1.165) is 25.7 Å². The fourth-order valence-corrected chi connectivity index (χ4v) is 3.00. The third-order valence-electron chi connectivity index (χ3n) is 3.63. The van der Waals surface area contributed by atoms with Gasteiger partial charge in [-0.25, -0.2) is 13.2 Å². The quantitative estimate of drug-likeness (QED) is 0.655. The Balaban J connectivity index is 2.59. The highest BCUT2D eigenvalue weighted by atomic mass is 79.9. The molecule has 2 N–H and O–H groups in total. The number of rotatable bonds is 2. The molecule has 2 rings (SSSR count). The monoisotopic (exact) mass is 307 g/mol. The first-order chi connectivity index (χ1) is 8.02. The molecule has 1 saturated carbocycles. The van der Waals surface area contributed by atoms with Crippen molar-refractivity contribution < 1.29 is 13.2 Å². The Labute approximate surface area is 106 Å². The van der Waals surface area contributed by atoms with Crippen molar-refractivity contribution in [3.05, 3.63) is 33.6 Å². The molecule has 1 aromatic rings. The van der Waals surface area contributed by atoms with Gasteiger partial charge in [0.2, 0.25) is 0 Å². The Kier molecular flexibility index (Phi) is 3.50. The van der Waals surface area contributed by atoms with E-state index in [0.29, 0.717) is 0 Å². The van der Waals surface area contributed by atoms with Crippen LogP contribution in [0.3, 0.4) is 0 Å². The molecular weight excluding hydrogens is 295 g/mol. The average molecular weight is 308 g/mol. The van der Waals surface area contributed by atoms with Gasteiger partial charge in [0.25, 0.3) is 0 Å². The summed E-state index contributed by atoms with van der Waals surface area (Å²) in [6.07, 6.45) is 3.32. The van der Waals surface area contributed by atoms with Gasteiger partial charge in [0.05, 0.1) is 4.47 Å². The largest absolute Gasteiger partial charge is 0.330 e. The number of nitrogens with two attached hydrogens (primary N) is 1. The van der Waals surface area contributed by atoms with Gasteiger partial charge in [0.15, 0.2) is 17.5 Å². The molecule has 0 atom stereocenters. The van der Waals surface area contributed by atoms with Crippen molar-refractivity contribution in [3.63, 3.8) is 0 Å². The van der Waals surface area contributed by atoms with Crippen LogP contribution >= 0.6 is 15.9 Å². The summed E-state index contributed by atoms with van der Waals surface area (Å²) in [5, 5.41) is 0. The lowest BCUT2D eigenvalue weighted by molar-refractivity contribution is 0.389. The van der Waals surface area contributed by atoms with Crippen LogP contribution in [-0.4, -0.2) is 6.54 Å². The zero-order valence-electron chi connectivity index (χ0n) is 9.20. The molecule has 5 heteroatoms. The van der Waals surface area contributed by atoms with E-state index in [1.807, 2.05) is 0 Å². The van der Waals surface area contributed by atoms with Crippen LogP contribution in [0.4, 0.5) is 13.2 Å². The summed E-state index contributed by atoms with van der Waals surface area (Å²) in [7, 11) is 0. The average Bonchev–Trinajstić information content (AvgIpc) is 2.81. The Hall–Kier alpha value is -0.550. The molecule has 0 aromatic heterocycles. The molecule has 0 radical (unpaired) electrons. The van der Waals surface area contributed by atoms with Gasteiger partial charge in [0.1, 0.15) is 0 Å². The van der Waals surface area contributed by atoms with Crippen molar-refractivity contribution in [3.8, 4) is 0 Å². The maximum absolute atomic E-state index is 13.8. The highest BCUT2D eigenvalue weighted by molar-refractivity contribution is 9.10. The number of halogens is 4. The molecule has 0 aliphatic heterocycles. The maximum atomic E-state index is 13.8. The Morgan fingerprint density at radius 3 is 2.24 bits per heavy atom.